The molecule has 22 heavy (non-hydrogen) atoms. The molecule has 0 radical (unpaired) electrons. The lowest BCUT2D eigenvalue weighted by Crippen LogP contribution is -2.42. The van der Waals surface area contributed by atoms with Crippen molar-refractivity contribution in [2.45, 2.75) is 44.1 Å². The third-order valence-electron chi connectivity index (χ3n) is 4.50. The van der Waals surface area contributed by atoms with E-state index in [0.29, 0.717) is 12.1 Å². The van der Waals surface area contributed by atoms with Crippen LogP contribution in [0.1, 0.15) is 48.9 Å². The Kier molecular flexibility index (Phi) is 4.39. The molecule has 1 amide bonds. The van der Waals surface area contributed by atoms with E-state index in [-0.39, 0.29) is 5.91 Å². The van der Waals surface area contributed by atoms with E-state index in [9.17, 15) is 9.90 Å². The maximum Gasteiger partial charge on any atom is 0.252 e. The number of amides is 1. The van der Waals surface area contributed by atoms with Crippen molar-refractivity contribution in [3.05, 3.63) is 42.1 Å². The molecule has 1 heterocycles. The summed E-state index contributed by atoms with van der Waals surface area (Å²) >= 11 is 0. The van der Waals surface area contributed by atoms with Crippen LogP contribution >= 0.6 is 0 Å². The summed E-state index contributed by atoms with van der Waals surface area (Å²) in [6.45, 7) is 0.322. The van der Waals surface area contributed by atoms with Gasteiger partial charge in [-0.15, -0.1) is 0 Å². The zero-order valence-corrected chi connectivity index (χ0v) is 12.7. The second-order valence-corrected chi connectivity index (χ2v) is 6.20. The van der Waals surface area contributed by atoms with Crippen LogP contribution in [0.3, 0.4) is 0 Å². The summed E-state index contributed by atoms with van der Waals surface area (Å²) in [6.07, 6.45) is 7.67. The van der Waals surface area contributed by atoms with Crippen molar-refractivity contribution in [2.24, 2.45) is 0 Å². The third kappa shape index (κ3) is 3.28. The Hall–Kier alpha value is -1.94. The van der Waals surface area contributed by atoms with Crippen LogP contribution in [0.25, 0.3) is 10.9 Å². The number of hydrogen-bond donors (Lipinski definition) is 2. The molecule has 0 spiro atoms. The predicted octanol–water partition coefficient (Wildman–Crippen LogP) is 3.05. The summed E-state index contributed by atoms with van der Waals surface area (Å²) in [4.78, 5) is 16.8. The van der Waals surface area contributed by atoms with Gasteiger partial charge in [0.25, 0.3) is 5.91 Å². The maximum atomic E-state index is 12.5. The summed E-state index contributed by atoms with van der Waals surface area (Å²) in [5, 5.41) is 14.4. The van der Waals surface area contributed by atoms with Gasteiger partial charge in [0.05, 0.1) is 11.1 Å². The Bertz CT molecular complexity index is 656. The molecule has 1 aromatic carbocycles. The van der Waals surface area contributed by atoms with Gasteiger partial charge in [0.15, 0.2) is 0 Å². The average molecular weight is 298 g/mol. The number of hydrogen-bond acceptors (Lipinski definition) is 3. The maximum absolute atomic E-state index is 12.5. The van der Waals surface area contributed by atoms with E-state index in [0.717, 1.165) is 36.6 Å². The highest BCUT2D eigenvalue weighted by Gasteiger charge is 2.28. The molecule has 0 saturated heterocycles. The number of carbonyl (C=O) groups is 1. The Morgan fingerprint density at radius 1 is 1.14 bits per heavy atom. The summed E-state index contributed by atoms with van der Waals surface area (Å²) in [7, 11) is 0. The predicted molar refractivity (Wildman–Crippen MR) is 86.7 cm³/mol. The Morgan fingerprint density at radius 3 is 2.68 bits per heavy atom. The van der Waals surface area contributed by atoms with Crippen molar-refractivity contribution in [1.82, 2.24) is 10.3 Å². The molecule has 2 aromatic rings. The minimum Gasteiger partial charge on any atom is -0.388 e. The molecule has 1 aromatic heterocycles. The summed E-state index contributed by atoms with van der Waals surface area (Å²) in [5.41, 5.74) is 0.667. The molecule has 1 fully saturated rings. The number of pyridine rings is 1. The second kappa shape index (κ2) is 6.44. The molecule has 0 unspecified atom stereocenters. The van der Waals surface area contributed by atoms with Crippen molar-refractivity contribution < 1.29 is 9.90 Å². The summed E-state index contributed by atoms with van der Waals surface area (Å²) in [5.74, 6) is -0.142. The standard InChI is InChI=1S/C18H22N2O2/c21-17(20-13-18(22)10-3-1-2-4-11-18)15-7-5-9-16-14(15)8-6-12-19-16/h5-9,12,22H,1-4,10-11,13H2,(H,20,21). The van der Waals surface area contributed by atoms with E-state index in [1.54, 1.807) is 12.3 Å². The first-order chi connectivity index (χ1) is 10.7. The molecule has 116 valence electrons. The number of aliphatic hydroxyl groups is 1. The van der Waals surface area contributed by atoms with Gasteiger partial charge in [-0.05, 0) is 31.0 Å². The summed E-state index contributed by atoms with van der Waals surface area (Å²) < 4.78 is 0. The van der Waals surface area contributed by atoms with Crippen LogP contribution in [0.5, 0.6) is 0 Å². The highest BCUT2D eigenvalue weighted by atomic mass is 16.3. The molecule has 1 aliphatic rings. The lowest BCUT2D eigenvalue weighted by molar-refractivity contribution is 0.0247. The molecule has 4 nitrogen and oxygen atoms in total. The van der Waals surface area contributed by atoms with Gasteiger partial charge in [0.2, 0.25) is 0 Å². The van der Waals surface area contributed by atoms with Crippen LogP contribution < -0.4 is 5.32 Å². The topological polar surface area (TPSA) is 62.2 Å². The van der Waals surface area contributed by atoms with Gasteiger partial charge >= 0.3 is 0 Å². The first-order valence-electron chi connectivity index (χ1n) is 8.02. The first-order valence-corrected chi connectivity index (χ1v) is 8.02. The average Bonchev–Trinajstić information content (AvgIpc) is 2.77. The van der Waals surface area contributed by atoms with Gasteiger partial charge in [-0.2, -0.15) is 0 Å². The molecule has 4 heteroatoms. The van der Waals surface area contributed by atoms with E-state index in [1.807, 2.05) is 24.3 Å². The largest absolute Gasteiger partial charge is 0.388 e. The number of benzene rings is 1. The Labute approximate surface area is 130 Å². The number of rotatable bonds is 3. The van der Waals surface area contributed by atoms with Crippen molar-refractivity contribution in [3.63, 3.8) is 0 Å². The Morgan fingerprint density at radius 2 is 1.91 bits per heavy atom. The summed E-state index contributed by atoms with van der Waals surface area (Å²) in [6, 6.07) is 9.27. The number of nitrogens with one attached hydrogen (secondary N) is 1. The van der Waals surface area contributed by atoms with Gasteiger partial charge in [-0.3, -0.25) is 9.78 Å². The van der Waals surface area contributed by atoms with Crippen molar-refractivity contribution in [1.29, 1.82) is 0 Å². The van der Waals surface area contributed by atoms with Crippen molar-refractivity contribution in [3.8, 4) is 0 Å². The minimum atomic E-state index is -0.755. The molecular formula is C18H22N2O2. The lowest BCUT2D eigenvalue weighted by Gasteiger charge is -2.26. The van der Waals surface area contributed by atoms with Gasteiger partial charge in [-0.1, -0.05) is 37.8 Å². The van der Waals surface area contributed by atoms with E-state index >= 15 is 0 Å². The SMILES string of the molecule is O=C(NCC1(O)CCCCCC1)c1cccc2ncccc12. The molecule has 1 aliphatic carbocycles. The number of carbonyl (C=O) groups excluding carboxylic acids is 1. The van der Waals surface area contributed by atoms with Crippen LogP contribution in [-0.2, 0) is 0 Å². The van der Waals surface area contributed by atoms with Crippen LogP contribution in [0.2, 0.25) is 0 Å². The van der Waals surface area contributed by atoms with E-state index in [1.165, 1.54) is 12.8 Å². The Balaban J connectivity index is 1.73. The quantitative estimate of drug-likeness (QED) is 0.856. The molecule has 3 rings (SSSR count). The normalized spacial score (nSPS) is 17.9. The highest BCUT2D eigenvalue weighted by Crippen LogP contribution is 2.26. The zero-order chi connectivity index (χ0) is 15.4. The van der Waals surface area contributed by atoms with E-state index in [4.69, 9.17) is 0 Å². The molecule has 1 saturated carbocycles. The monoisotopic (exact) mass is 298 g/mol. The van der Waals surface area contributed by atoms with Crippen LogP contribution in [0.15, 0.2) is 36.5 Å². The highest BCUT2D eigenvalue weighted by molar-refractivity contribution is 6.06. The van der Waals surface area contributed by atoms with E-state index < -0.39 is 5.60 Å². The zero-order valence-electron chi connectivity index (χ0n) is 12.7. The number of fused-ring (bicyclic) bond motifs is 1. The van der Waals surface area contributed by atoms with E-state index in [2.05, 4.69) is 10.3 Å². The molecule has 2 N–H and O–H groups in total. The molecule has 0 bridgehead atoms. The van der Waals surface area contributed by atoms with Gasteiger partial charge < -0.3 is 10.4 Å². The number of aromatic nitrogens is 1. The van der Waals surface area contributed by atoms with Crippen LogP contribution in [0, 0.1) is 0 Å². The van der Waals surface area contributed by atoms with Gasteiger partial charge in [0, 0.05) is 23.7 Å². The molecule has 0 aliphatic heterocycles. The number of nitrogens with zero attached hydrogens (tertiary/aromatic N) is 1. The fourth-order valence-electron chi connectivity index (χ4n) is 3.20. The van der Waals surface area contributed by atoms with Crippen molar-refractivity contribution >= 4 is 16.8 Å². The fraction of sp³-hybridized carbons (Fsp3) is 0.444. The fourth-order valence-corrected chi connectivity index (χ4v) is 3.20. The molecular weight excluding hydrogens is 276 g/mol. The van der Waals surface area contributed by atoms with Crippen LogP contribution in [0.4, 0.5) is 0 Å². The molecule has 0 atom stereocenters. The minimum absolute atomic E-state index is 0.142. The smallest absolute Gasteiger partial charge is 0.252 e. The van der Waals surface area contributed by atoms with Gasteiger partial charge in [-0.25, -0.2) is 0 Å². The first kappa shape index (κ1) is 15.0. The lowest BCUT2D eigenvalue weighted by atomic mass is 9.94. The van der Waals surface area contributed by atoms with Crippen molar-refractivity contribution in [2.75, 3.05) is 6.54 Å². The van der Waals surface area contributed by atoms with Crippen LogP contribution in [-0.4, -0.2) is 28.1 Å². The second-order valence-electron chi connectivity index (χ2n) is 6.20. The van der Waals surface area contributed by atoms with Gasteiger partial charge in [0.1, 0.15) is 0 Å². The third-order valence-corrected chi connectivity index (χ3v) is 4.50.